The zero-order valence-electron chi connectivity index (χ0n) is 13.4. The van der Waals surface area contributed by atoms with Gasteiger partial charge in [-0.05, 0) is 33.8 Å². The van der Waals surface area contributed by atoms with E-state index in [1.165, 1.54) is 0 Å². The lowest BCUT2D eigenvalue weighted by atomic mass is 9.68. The molecule has 6 heteroatoms. The van der Waals surface area contributed by atoms with Crippen LogP contribution in [0.2, 0.25) is 12.6 Å². The summed E-state index contributed by atoms with van der Waals surface area (Å²) in [5, 5.41) is 0. The average Bonchev–Trinajstić information content (AvgIpc) is 2.69. The summed E-state index contributed by atoms with van der Waals surface area (Å²) in [6, 6.07) is 4.15. The van der Waals surface area contributed by atoms with Gasteiger partial charge in [0.2, 0.25) is 0 Å². The topological polar surface area (TPSA) is 34.6 Å². The average molecular weight is 285 g/mol. The van der Waals surface area contributed by atoms with Crippen LogP contribution < -0.4 is 10.4 Å². The number of pyridine rings is 1. The predicted octanol–water partition coefficient (Wildman–Crippen LogP) is 1.74. The van der Waals surface area contributed by atoms with Crippen molar-refractivity contribution in [3.05, 3.63) is 18.3 Å². The Labute approximate surface area is 128 Å². The molecule has 21 heavy (non-hydrogen) atoms. The molecule has 1 aromatic heterocycles. The van der Waals surface area contributed by atoms with Crippen LogP contribution in [0.1, 0.15) is 27.7 Å². The molecule has 4 nitrogen and oxygen atoms in total. The number of aromatic nitrogens is 1. The van der Waals surface area contributed by atoms with Crippen LogP contribution in [0.25, 0.3) is 0 Å². The quantitative estimate of drug-likeness (QED) is 0.775. The Morgan fingerprint density at radius 2 is 1.71 bits per heavy atom. The van der Waals surface area contributed by atoms with Gasteiger partial charge in [0.1, 0.15) is 13.1 Å². The third kappa shape index (κ3) is 2.84. The molecular formula is C15H23B2N2O2. The summed E-state index contributed by atoms with van der Waals surface area (Å²) in [5.74, 6) is 1.04. The predicted molar refractivity (Wildman–Crippen MR) is 87.5 cm³/mol. The summed E-state index contributed by atoms with van der Waals surface area (Å²) in [4.78, 5) is 6.92. The van der Waals surface area contributed by atoms with Gasteiger partial charge in [-0.2, -0.15) is 0 Å². The Morgan fingerprint density at radius 3 is 2.24 bits per heavy atom. The van der Waals surface area contributed by atoms with Crippen LogP contribution in [0.4, 0.5) is 5.82 Å². The first-order valence-electron chi connectivity index (χ1n) is 7.77. The second-order valence-electron chi connectivity index (χ2n) is 6.89. The van der Waals surface area contributed by atoms with Gasteiger partial charge in [0.25, 0.3) is 0 Å². The SMILES string of the molecule is CC1(C)OB(c2ccc(N3CC[B]CC3)nc2)OC1(C)C. The minimum absolute atomic E-state index is 0.307. The van der Waals surface area contributed by atoms with E-state index in [4.69, 9.17) is 9.31 Å². The Hall–Kier alpha value is -1.00. The van der Waals surface area contributed by atoms with Gasteiger partial charge >= 0.3 is 7.12 Å². The monoisotopic (exact) mass is 285 g/mol. The number of anilines is 1. The molecule has 2 fully saturated rings. The van der Waals surface area contributed by atoms with Crippen LogP contribution in [0.15, 0.2) is 18.3 Å². The molecule has 0 aromatic carbocycles. The van der Waals surface area contributed by atoms with Crippen molar-refractivity contribution >= 4 is 25.7 Å². The fourth-order valence-corrected chi connectivity index (χ4v) is 2.68. The smallest absolute Gasteiger partial charge is 0.399 e. The molecule has 2 aliphatic rings. The van der Waals surface area contributed by atoms with Gasteiger partial charge in [0, 0.05) is 24.7 Å². The van der Waals surface area contributed by atoms with E-state index in [0.29, 0.717) is 0 Å². The van der Waals surface area contributed by atoms with Crippen molar-refractivity contribution in [2.24, 2.45) is 0 Å². The zero-order valence-corrected chi connectivity index (χ0v) is 13.4. The third-order valence-corrected chi connectivity index (χ3v) is 4.83. The van der Waals surface area contributed by atoms with E-state index in [0.717, 1.165) is 37.0 Å². The second-order valence-corrected chi connectivity index (χ2v) is 6.89. The summed E-state index contributed by atoms with van der Waals surface area (Å²) < 4.78 is 12.1. The van der Waals surface area contributed by atoms with Crippen molar-refractivity contribution < 1.29 is 9.31 Å². The summed E-state index contributed by atoms with van der Waals surface area (Å²) in [7, 11) is 2.01. The first kappa shape index (κ1) is 14.9. The summed E-state index contributed by atoms with van der Waals surface area (Å²) in [6.07, 6.45) is 4.16. The van der Waals surface area contributed by atoms with E-state index in [1.54, 1.807) is 0 Å². The normalized spacial score (nSPS) is 24.0. The number of hydrogen-bond donors (Lipinski definition) is 0. The maximum Gasteiger partial charge on any atom is 0.496 e. The maximum atomic E-state index is 6.05. The van der Waals surface area contributed by atoms with Gasteiger partial charge in [-0.25, -0.2) is 4.98 Å². The van der Waals surface area contributed by atoms with Crippen molar-refractivity contribution in [1.29, 1.82) is 0 Å². The van der Waals surface area contributed by atoms with E-state index in [2.05, 4.69) is 57.0 Å². The van der Waals surface area contributed by atoms with Crippen molar-refractivity contribution in [2.45, 2.75) is 51.5 Å². The highest BCUT2D eigenvalue weighted by Crippen LogP contribution is 2.36. The minimum atomic E-state index is -0.328. The highest BCUT2D eigenvalue weighted by Gasteiger charge is 2.51. The first-order valence-corrected chi connectivity index (χ1v) is 7.77. The van der Waals surface area contributed by atoms with E-state index < -0.39 is 0 Å². The molecule has 1 aromatic rings. The lowest BCUT2D eigenvalue weighted by Gasteiger charge is -2.32. The highest BCUT2D eigenvalue weighted by molar-refractivity contribution is 6.62. The Morgan fingerprint density at radius 1 is 1.10 bits per heavy atom. The molecule has 0 spiro atoms. The fraction of sp³-hybridized carbons (Fsp3) is 0.667. The van der Waals surface area contributed by atoms with Crippen LogP contribution >= 0.6 is 0 Å². The van der Waals surface area contributed by atoms with E-state index in [1.807, 2.05) is 6.20 Å². The molecule has 3 heterocycles. The standard InChI is InChI=1S/C15H23B2N2O2/c1-14(2)15(3,4)21-17(20-14)12-5-6-13(18-11-12)19-9-7-16-8-10-19/h5-6,11H,7-10H2,1-4H3. The zero-order chi connectivity index (χ0) is 15.1. The van der Waals surface area contributed by atoms with Crippen molar-refractivity contribution in [3.63, 3.8) is 0 Å². The van der Waals surface area contributed by atoms with E-state index >= 15 is 0 Å². The van der Waals surface area contributed by atoms with Crippen molar-refractivity contribution in [3.8, 4) is 0 Å². The van der Waals surface area contributed by atoms with Crippen molar-refractivity contribution in [1.82, 2.24) is 4.98 Å². The maximum absolute atomic E-state index is 6.05. The molecule has 0 N–H and O–H groups in total. The van der Waals surface area contributed by atoms with Gasteiger partial charge in [-0.15, -0.1) is 0 Å². The molecule has 3 rings (SSSR count). The summed E-state index contributed by atoms with van der Waals surface area (Å²) >= 11 is 0. The first-order chi connectivity index (χ1) is 9.89. The second kappa shape index (κ2) is 5.33. The Balaban J connectivity index is 1.73. The van der Waals surface area contributed by atoms with Gasteiger partial charge in [0.05, 0.1) is 11.2 Å². The van der Waals surface area contributed by atoms with Gasteiger partial charge in [-0.3, -0.25) is 0 Å². The summed E-state index contributed by atoms with van der Waals surface area (Å²) in [6.45, 7) is 10.4. The molecule has 0 bridgehead atoms. The largest absolute Gasteiger partial charge is 0.496 e. The minimum Gasteiger partial charge on any atom is -0.399 e. The molecule has 2 saturated heterocycles. The molecule has 0 saturated carbocycles. The molecular weight excluding hydrogens is 262 g/mol. The molecule has 1 radical (unpaired) electrons. The van der Waals surface area contributed by atoms with Crippen LogP contribution in [-0.2, 0) is 9.31 Å². The lowest BCUT2D eigenvalue weighted by molar-refractivity contribution is 0.00578. The molecule has 111 valence electrons. The van der Waals surface area contributed by atoms with Gasteiger partial charge in [-0.1, -0.05) is 18.7 Å². The van der Waals surface area contributed by atoms with E-state index in [-0.39, 0.29) is 18.3 Å². The molecule has 0 atom stereocenters. The third-order valence-electron chi connectivity index (χ3n) is 4.83. The highest BCUT2D eigenvalue weighted by atomic mass is 16.7. The van der Waals surface area contributed by atoms with Gasteiger partial charge < -0.3 is 14.2 Å². The molecule has 0 unspecified atom stereocenters. The number of rotatable bonds is 2. The molecule has 0 amide bonds. The Kier molecular flexibility index (Phi) is 3.78. The van der Waals surface area contributed by atoms with Crippen LogP contribution in [0.5, 0.6) is 0 Å². The molecule has 2 aliphatic heterocycles. The van der Waals surface area contributed by atoms with Crippen LogP contribution in [-0.4, -0.2) is 43.7 Å². The fourth-order valence-electron chi connectivity index (χ4n) is 2.68. The summed E-state index contributed by atoms with van der Waals surface area (Å²) in [5.41, 5.74) is 0.374. The van der Waals surface area contributed by atoms with E-state index in [9.17, 15) is 0 Å². The van der Waals surface area contributed by atoms with Gasteiger partial charge in [0.15, 0.2) is 0 Å². The Bertz CT molecular complexity index is 483. The number of hydrogen-bond acceptors (Lipinski definition) is 4. The molecule has 0 aliphatic carbocycles. The van der Waals surface area contributed by atoms with Crippen molar-refractivity contribution in [2.75, 3.05) is 18.0 Å². The lowest BCUT2D eigenvalue weighted by Crippen LogP contribution is -2.41. The van der Waals surface area contributed by atoms with Crippen LogP contribution in [0.3, 0.4) is 0 Å². The van der Waals surface area contributed by atoms with Crippen LogP contribution in [0, 0.1) is 0 Å². The number of nitrogens with zero attached hydrogens (tertiary/aromatic N) is 2.